The van der Waals surface area contributed by atoms with Crippen molar-refractivity contribution in [2.45, 2.75) is 11.8 Å². The first-order valence-electron chi connectivity index (χ1n) is 5.25. The number of carboxylic acid groups (broad SMARTS) is 1. The number of nitrogen functional groups attached to an aromatic ring is 1. The van der Waals surface area contributed by atoms with Crippen molar-refractivity contribution < 1.29 is 22.7 Å². The van der Waals surface area contributed by atoms with E-state index in [9.17, 15) is 13.2 Å². The summed E-state index contributed by atoms with van der Waals surface area (Å²) in [4.78, 5) is 10.6. The second kappa shape index (κ2) is 4.81. The lowest BCUT2D eigenvalue weighted by Gasteiger charge is -2.08. The Morgan fingerprint density at radius 3 is 2.65 bits per heavy atom. The second-order valence-electron chi connectivity index (χ2n) is 3.79. The van der Waals surface area contributed by atoms with Gasteiger partial charge in [0.25, 0.3) is 10.0 Å². The maximum absolute atomic E-state index is 12.1. The molecule has 0 aliphatic heterocycles. The van der Waals surface area contributed by atoms with Gasteiger partial charge in [0.1, 0.15) is 4.90 Å². The van der Waals surface area contributed by atoms with Gasteiger partial charge in [-0.05, 0) is 18.2 Å². The summed E-state index contributed by atoms with van der Waals surface area (Å²) in [7, 11) is -4.18. The number of carboxylic acids is 1. The van der Waals surface area contributed by atoms with E-state index in [-0.39, 0.29) is 17.6 Å². The molecular weight excluding hydrogens is 288 g/mol. The number of hydrogen-bond donors (Lipinski definition) is 3. The van der Waals surface area contributed by atoms with Crippen LogP contribution >= 0.6 is 0 Å². The van der Waals surface area contributed by atoms with Crippen LogP contribution < -0.4 is 10.5 Å². The molecule has 2 rings (SSSR count). The average molecular weight is 298 g/mol. The van der Waals surface area contributed by atoms with Gasteiger partial charge >= 0.3 is 12.0 Å². The fourth-order valence-corrected chi connectivity index (χ4v) is 2.56. The summed E-state index contributed by atoms with van der Waals surface area (Å²) in [5, 5.41) is 16.0. The Hall–Kier alpha value is -2.62. The third-order valence-electron chi connectivity index (χ3n) is 2.27. The lowest BCUT2D eigenvalue weighted by molar-refractivity contribution is 0.0692. The van der Waals surface area contributed by atoms with Gasteiger partial charge in [0.05, 0.1) is 5.56 Å². The van der Waals surface area contributed by atoms with Gasteiger partial charge in [-0.25, -0.2) is 17.9 Å². The zero-order chi connectivity index (χ0) is 14.9. The SMILES string of the molecule is Cc1nnc(NS(=O)(=O)c2ccc(N)cc2C(=O)O)o1. The Bertz CT molecular complexity index is 768. The van der Waals surface area contributed by atoms with E-state index < -0.39 is 26.5 Å². The number of aromatic nitrogens is 2. The summed E-state index contributed by atoms with van der Waals surface area (Å²) in [6, 6.07) is 3.07. The third kappa shape index (κ3) is 2.69. The highest BCUT2D eigenvalue weighted by Gasteiger charge is 2.24. The molecule has 2 aromatic rings. The molecule has 0 fully saturated rings. The Morgan fingerprint density at radius 1 is 1.40 bits per heavy atom. The Kier molecular flexibility index (Phi) is 3.32. The van der Waals surface area contributed by atoms with Crippen molar-refractivity contribution in [3.8, 4) is 0 Å². The van der Waals surface area contributed by atoms with Crippen LogP contribution in [0.2, 0.25) is 0 Å². The molecule has 0 atom stereocenters. The molecule has 0 unspecified atom stereocenters. The fourth-order valence-electron chi connectivity index (χ4n) is 1.46. The summed E-state index contributed by atoms with van der Waals surface area (Å²) in [6.07, 6.45) is 0. The Morgan fingerprint density at radius 2 is 2.10 bits per heavy atom. The molecule has 0 aliphatic carbocycles. The number of nitrogens with zero attached hydrogens (tertiary/aromatic N) is 2. The minimum absolute atomic E-state index is 0.134. The molecule has 1 aromatic carbocycles. The first-order valence-corrected chi connectivity index (χ1v) is 6.73. The van der Waals surface area contributed by atoms with Crippen LogP contribution in [0.15, 0.2) is 27.5 Å². The lowest BCUT2D eigenvalue weighted by Crippen LogP contribution is -2.17. The number of nitrogens with one attached hydrogen (secondary N) is 1. The van der Waals surface area contributed by atoms with Gasteiger partial charge < -0.3 is 15.3 Å². The molecule has 9 nitrogen and oxygen atoms in total. The van der Waals surface area contributed by atoms with Crippen LogP contribution in [0.25, 0.3) is 0 Å². The summed E-state index contributed by atoms with van der Waals surface area (Å²) >= 11 is 0. The summed E-state index contributed by atoms with van der Waals surface area (Å²) in [5.74, 6) is -1.25. The number of aromatic carboxylic acids is 1. The number of benzene rings is 1. The standard InChI is InChI=1S/C10H10N4O5S/c1-5-12-13-10(19-5)14-20(17,18)8-3-2-6(11)4-7(8)9(15)16/h2-4H,11H2,1H3,(H,13,14)(H,15,16). The van der Waals surface area contributed by atoms with Crippen molar-refractivity contribution in [1.29, 1.82) is 0 Å². The highest BCUT2D eigenvalue weighted by Crippen LogP contribution is 2.21. The molecule has 20 heavy (non-hydrogen) atoms. The van der Waals surface area contributed by atoms with E-state index in [1.165, 1.54) is 13.0 Å². The maximum Gasteiger partial charge on any atom is 0.337 e. The van der Waals surface area contributed by atoms with Crippen LogP contribution in [0, 0.1) is 6.92 Å². The average Bonchev–Trinajstić information content (AvgIpc) is 2.73. The maximum atomic E-state index is 12.1. The monoisotopic (exact) mass is 298 g/mol. The quantitative estimate of drug-likeness (QED) is 0.689. The smallest absolute Gasteiger partial charge is 0.337 e. The summed E-state index contributed by atoms with van der Waals surface area (Å²) in [6.45, 7) is 1.48. The molecule has 1 heterocycles. The third-order valence-corrected chi connectivity index (χ3v) is 3.65. The zero-order valence-electron chi connectivity index (χ0n) is 10.2. The zero-order valence-corrected chi connectivity index (χ0v) is 11.0. The van der Waals surface area contributed by atoms with E-state index in [0.717, 1.165) is 12.1 Å². The van der Waals surface area contributed by atoms with E-state index in [4.69, 9.17) is 15.3 Å². The normalized spacial score (nSPS) is 11.2. The van der Waals surface area contributed by atoms with E-state index in [2.05, 4.69) is 10.2 Å². The Balaban J connectivity index is 2.46. The molecule has 10 heteroatoms. The molecule has 0 bridgehead atoms. The number of nitrogens with two attached hydrogens (primary N) is 1. The van der Waals surface area contributed by atoms with E-state index in [1.54, 1.807) is 0 Å². The van der Waals surface area contributed by atoms with Gasteiger partial charge in [-0.2, -0.15) is 0 Å². The summed E-state index contributed by atoms with van der Waals surface area (Å²) < 4.78 is 31.1. The molecule has 1 aromatic heterocycles. The molecular formula is C10H10N4O5S. The van der Waals surface area contributed by atoms with Crippen LogP contribution in [-0.2, 0) is 10.0 Å². The number of sulfonamides is 1. The molecule has 0 saturated heterocycles. The van der Waals surface area contributed by atoms with Crippen molar-refractivity contribution in [1.82, 2.24) is 10.2 Å². The van der Waals surface area contributed by atoms with Crippen LogP contribution in [0.5, 0.6) is 0 Å². The molecule has 0 radical (unpaired) electrons. The largest absolute Gasteiger partial charge is 0.478 e. The van der Waals surface area contributed by atoms with Crippen LogP contribution in [0.1, 0.15) is 16.2 Å². The van der Waals surface area contributed by atoms with Crippen molar-refractivity contribution in [2.24, 2.45) is 0 Å². The topological polar surface area (TPSA) is 148 Å². The molecule has 0 amide bonds. The molecule has 106 valence electrons. The lowest BCUT2D eigenvalue weighted by atomic mass is 10.2. The highest BCUT2D eigenvalue weighted by molar-refractivity contribution is 7.92. The van der Waals surface area contributed by atoms with Crippen molar-refractivity contribution >= 4 is 27.7 Å². The Labute approximate surface area is 113 Å². The van der Waals surface area contributed by atoms with Crippen LogP contribution in [-0.4, -0.2) is 29.7 Å². The second-order valence-corrected chi connectivity index (χ2v) is 5.44. The van der Waals surface area contributed by atoms with Crippen LogP contribution in [0.3, 0.4) is 0 Å². The predicted molar refractivity (Wildman–Crippen MR) is 67.7 cm³/mol. The van der Waals surface area contributed by atoms with Gasteiger partial charge in [-0.15, -0.1) is 5.10 Å². The van der Waals surface area contributed by atoms with E-state index in [1.807, 2.05) is 4.72 Å². The minimum Gasteiger partial charge on any atom is -0.478 e. The molecule has 0 aliphatic rings. The van der Waals surface area contributed by atoms with E-state index >= 15 is 0 Å². The molecule has 0 saturated carbocycles. The van der Waals surface area contributed by atoms with Gasteiger partial charge in [0, 0.05) is 12.6 Å². The van der Waals surface area contributed by atoms with E-state index in [0.29, 0.717) is 0 Å². The van der Waals surface area contributed by atoms with Gasteiger partial charge in [-0.3, -0.25) is 0 Å². The predicted octanol–water partition coefficient (Wildman–Crippen LogP) is 0.459. The number of aryl methyl sites for hydroxylation is 1. The fraction of sp³-hybridized carbons (Fsp3) is 0.100. The van der Waals surface area contributed by atoms with Crippen LogP contribution in [0.4, 0.5) is 11.7 Å². The molecule has 4 N–H and O–H groups in total. The number of hydrogen-bond acceptors (Lipinski definition) is 7. The van der Waals surface area contributed by atoms with Crippen molar-refractivity contribution in [3.05, 3.63) is 29.7 Å². The number of rotatable bonds is 4. The highest BCUT2D eigenvalue weighted by atomic mass is 32.2. The van der Waals surface area contributed by atoms with Crippen molar-refractivity contribution in [2.75, 3.05) is 10.5 Å². The molecule has 0 spiro atoms. The van der Waals surface area contributed by atoms with Gasteiger partial charge in [0.2, 0.25) is 5.89 Å². The minimum atomic E-state index is -4.18. The van der Waals surface area contributed by atoms with Crippen molar-refractivity contribution in [3.63, 3.8) is 0 Å². The first kappa shape index (κ1) is 13.8. The van der Waals surface area contributed by atoms with Gasteiger partial charge in [0.15, 0.2) is 0 Å². The van der Waals surface area contributed by atoms with Gasteiger partial charge in [-0.1, -0.05) is 5.10 Å². The first-order chi connectivity index (χ1) is 9.29. The number of anilines is 2. The summed E-state index contributed by atoms with van der Waals surface area (Å²) in [5.41, 5.74) is 5.13. The number of carbonyl (C=O) groups is 1.